The Morgan fingerprint density at radius 2 is 2.12 bits per heavy atom. The fraction of sp³-hybridized carbons (Fsp3) is 0.632. The molecule has 4 fully saturated rings. The van der Waals surface area contributed by atoms with E-state index < -0.39 is 0 Å². The SMILES string of the molecule is Cc1c(C(=O)N2C[C@H]3CC[C@@H](C2)N(CC2CC2)C3)sc2nc[nH]c(=O)c12. The summed E-state index contributed by atoms with van der Waals surface area (Å²) in [5, 5.41) is 0.564. The number of nitrogens with zero attached hydrogens (tertiary/aromatic N) is 3. The monoisotopic (exact) mass is 372 g/mol. The van der Waals surface area contributed by atoms with Crippen LogP contribution in [0.25, 0.3) is 10.2 Å². The third-order valence-corrected chi connectivity index (χ3v) is 7.42. The van der Waals surface area contributed by atoms with Gasteiger partial charge in [0.15, 0.2) is 0 Å². The molecule has 4 aliphatic rings. The average molecular weight is 372 g/mol. The Kier molecular flexibility index (Phi) is 3.90. The van der Waals surface area contributed by atoms with Gasteiger partial charge in [0.1, 0.15) is 4.83 Å². The van der Waals surface area contributed by atoms with Crippen molar-refractivity contribution in [2.45, 2.75) is 38.6 Å². The third-order valence-electron chi connectivity index (χ3n) is 6.23. The first-order valence-electron chi connectivity index (χ1n) is 9.60. The summed E-state index contributed by atoms with van der Waals surface area (Å²) >= 11 is 1.36. The molecule has 0 radical (unpaired) electrons. The molecule has 2 aromatic rings. The lowest BCUT2D eigenvalue weighted by Crippen LogP contribution is -2.45. The number of aromatic amines is 1. The van der Waals surface area contributed by atoms with E-state index in [2.05, 4.69) is 14.9 Å². The highest BCUT2D eigenvalue weighted by Gasteiger charge is 2.39. The summed E-state index contributed by atoms with van der Waals surface area (Å²) in [6.07, 6.45) is 6.59. The standard InChI is InChI=1S/C19H24N4O2S/c1-11-15-17(24)20-10-21-18(15)26-16(11)19(25)23-8-13-4-5-14(9-23)22(7-13)6-12-2-3-12/h10,12-14H,2-9H2,1H3,(H,20,21,24)/t13-,14-/m0/s1. The molecule has 6 nitrogen and oxygen atoms in total. The van der Waals surface area contributed by atoms with Gasteiger partial charge in [-0.3, -0.25) is 14.5 Å². The number of thiophene rings is 1. The van der Waals surface area contributed by atoms with Crippen LogP contribution in [0.3, 0.4) is 0 Å². The number of piperidine rings is 1. The molecule has 1 aliphatic carbocycles. The van der Waals surface area contributed by atoms with E-state index in [1.165, 1.54) is 49.9 Å². The summed E-state index contributed by atoms with van der Waals surface area (Å²) in [6.45, 7) is 5.88. The van der Waals surface area contributed by atoms with Crippen LogP contribution in [0.1, 0.15) is 40.9 Å². The van der Waals surface area contributed by atoms with Crippen LogP contribution >= 0.6 is 11.3 Å². The third kappa shape index (κ3) is 2.77. The van der Waals surface area contributed by atoms with Crippen LogP contribution in [-0.2, 0) is 0 Å². The van der Waals surface area contributed by atoms with E-state index in [0.717, 1.165) is 31.1 Å². The predicted octanol–water partition coefficient (Wildman–Crippen LogP) is 2.24. The Morgan fingerprint density at radius 1 is 1.27 bits per heavy atom. The predicted molar refractivity (Wildman–Crippen MR) is 102 cm³/mol. The molecular formula is C19H24N4O2S. The van der Waals surface area contributed by atoms with Gasteiger partial charge >= 0.3 is 0 Å². The van der Waals surface area contributed by atoms with Crippen molar-refractivity contribution in [2.75, 3.05) is 26.2 Å². The molecule has 7 heteroatoms. The number of hydrogen-bond acceptors (Lipinski definition) is 5. The van der Waals surface area contributed by atoms with Crippen LogP contribution in [0.2, 0.25) is 0 Å². The molecule has 0 unspecified atom stereocenters. The molecule has 5 heterocycles. The fourth-order valence-electron chi connectivity index (χ4n) is 4.63. The lowest BCUT2D eigenvalue weighted by atomic mass is 9.95. The highest BCUT2D eigenvalue weighted by atomic mass is 32.1. The molecule has 138 valence electrons. The first-order chi connectivity index (χ1) is 12.6. The number of aryl methyl sites for hydroxylation is 1. The highest BCUT2D eigenvalue weighted by Crippen LogP contribution is 2.36. The molecule has 26 heavy (non-hydrogen) atoms. The second kappa shape index (κ2) is 6.16. The molecule has 6 rings (SSSR count). The molecule has 0 aromatic carbocycles. The maximum Gasteiger partial charge on any atom is 0.264 e. The molecule has 2 atom stereocenters. The second-order valence-corrected chi connectivity index (χ2v) is 9.17. The molecule has 0 spiro atoms. The average Bonchev–Trinajstić information content (AvgIpc) is 3.42. The fourth-order valence-corrected chi connectivity index (χ4v) is 5.74. The minimum atomic E-state index is -0.158. The largest absolute Gasteiger partial charge is 0.336 e. The molecule has 3 saturated heterocycles. The van der Waals surface area contributed by atoms with Gasteiger partial charge in [-0.25, -0.2) is 4.98 Å². The van der Waals surface area contributed by atoms with Gasteiger partial charge in [0.25, 0.3) is 11.5 Å². The van der Waals surface area contributed by atoms with Crippen molar-refractivity contribution in [1.29, 1.82) is 0 Å². The van der Waals surface area contributed by atoms with E-state index >= 15 is 0 Å². The summed E-state index contributed by atoms with van der Waals surface area (Å²) in [5.41, 5.74) is 0.616. The number of carbonyl (C=O) groups is 1. The van der Waals surface area contributed by atoms with Crippen LogP contribution < -0.4 is 5.56 Å². The number of amides is 1. The maximum atomic E-state index is 13.3. The number of H-pyrrole nitrogens is 1. The maximum absolute atomic E-state index is 13.3. The lowest BCUT2D eigenvalue weighted by molar-refractivity contribution is 0.0741. The topological polar surface area (TPSA) is 69.3 Å². The minimum absolute atomic E-state index is 0.0788. The Hall–Kier alpha value is -1.73. The Balaban J connectivity index is 1.43. The Bertz CT molecular complexity index is 916. The van der Waals surface area contributed by atoms with Gasteiger partial charge in [-0.15, -0.1) is 11.3 Å². The molecule has 3 aliphatic heterocycles. The number of fused-ring (bicyclic) bond motifs is 5. The van der Waals surface area contributed by atoms with Crippen LogP contribution in [0.4, 0.5) is 0 Å². The van der Waals surface area contributed by atoms with Crippen LogP contribution in [0.5, 0.6) is 0 Å². The van der Waals surface area contributed by atoms with E-state index in [-0.39, 0.29) is 11.5 Å². The van der Waals surface area contributed by atoms with Crippen LogP contribution in [0, 0.1) is 18.8 Å². The van der Waals surface area contributed by atoms with E-state index in [9.17, 15) is 9.59 Å². The van der Waals surface area contributed by atoms with Gasteiger partial charge in [-0.1, -0.05) is 0 Å². The van der Waals surface area contributed by atoms with Crippen molar-refractivity contribution < 1.29 is 4.79 Å². The molecule has 1 saturated carbocycles. The number of nitrogens with one attached hydrogen (secondary N) is 1. The Morgan fingerprint density at radius 3 is 2.88 bits per heavy atom. The van der Waals surface area contributed by atoms with Gasteiger partial charge in [0.2, 0.25) is 0 Å². The molecule has 1 amide bonds. The smallest absolute Gasteiger partial charge is 0.264 e. The summed E-state index contributed by atoms with van der Waals surface area (Å²) in [6, 6.07) is 0.495. The zero-order valence-corrected chi connectivity index (χ0v) is 15.8. The van der Waals surface area contributed by atoms with Gasteiger partial charge in [0, 0.05) is 32.2 Å². The number of rotatable bonds is 3. The first-order valence-corrected chi connectivity index (χ1v) is 10.4. The van der Waals surface area contributed by atoms with Gasteiger partial charge in [-0.2, -0.15) is 0 Å². The summed E-state index contributed by atoms with van der Waals surface area (Å²) in [7, 11) is 0. The van der Waals surface area contributed by atoms with Crippen molar-refractivity contribution in [3.8, 4) is 0 Å². The Labute approximate surface area is 156 Å². The van der Waals surface area contributed by atoms with E-state index in [4.69, 9.17) is 0 Å². The quantitative estimate of drug-likeness (QED) is 0.897. The lowest BCUT2D eigenvalue weighted by Gasteiger charge is -2.36. The van der Waals surface area contributed by atoms with E-state index in [1.54, 1.807) is 0 Å². The number of hydrogen-bond donors (Lipinski definition) is 1. The summed E-state index contributed by atoms with van der Waals surface area (Å²) in [5.74, 6) is 1.55. The molecule has 2 aromatic heterocycles. The van der Waals surface area contributed by atoms with Crippen molar-refractivity contribution in [1.82, 2.24) is 19.8 Å². The highest BCUT2D eigenvalue weighted by molar-refractivity contribution is 7.20. The van der Waals surface area contributed by atoms with Crippen molar-refractivity contribution in [2.24, 2.45) is 11.8 Å². The van der Waals surface area contributed by atoms with Crippen LogP contribution in [-0.4, -0.2) is 57.9 Å². The first kappa shape index (κ1) is 16.4. The molecule has 1 N–H and O–H groups in total. The molecule has 2 bridgehead atoms. The zero-order chi connectivity index (χ0) is 17.8. The van der Waals surface area contributed by atoms with Crippen molar-refractivity contribution in [3.63, 3.8) is 0 Å². The summed E-state index contributed by atoms with van der Waals surface area (Å²) < 4.78 is 0. The second-order valence-electron chi connectivity index (χ2n) is 8.17. The zero-order valence-electron chi connectivity index (χ0n) is 15.0. The number of carbonyl (C=O) groups excluding carboxylic acids is 1. The minimum Gasteiger partial charge on any atom is -0.336 e. The van der Waals surface area contributed by atoms with Crippen molar-refractivity contribution in [3.05, 3.63) is 27.1 Å². The molecular weight excluding hydrogens is 348 g/mol. The van der Waals surface area contributed by atoms with Crippen LogP contribution in [0.15, 0.2) is 11.1 Å². The van der Waals surface area contributed by atoms with E-state index in [0.29, 0.717) is 27.1 Å². The van der Waals surface area contributed by atoms with Gasteiger partial charge in [0.05, 0.1) is 16.6 Å². The van der Waals surface area contributed by atoms with Gasteiger partial charge < -0.3 is 9.88 Å². The van der Waals surface area contributed by atoms with Gasteiger partial charge in [-0.05, 0) is 50.0 Å². The van der Waals surface area contributed by atoms with Crippen molar-refractivity contribution >= 4 is 27.5 Å². The normalized spacial score (nSPS) is 26.4. The van der Waals surface area contributed by atoms with E-state index in [1.807, 2.05) is 11.8 Å². The number of aromatic nitrogens is 2. The summed E-state index contributed by atoms with van der Waals surface area (Å²) in [4.78, 5) is 38.3.